The second kappa shape index (κ2) is 12.3. The van der Waals surface area contributed by atoms with Crippen LogP contribution in [0, 0.1) is 0 Å². The summed E-state index contributed by atoms with van der Waals surface area (Å²) in [6, 6.07) is 8.19. The highest BCUT2D eigenvalue weighted by atomic mass is 32.2. The topological polar surface area (TPSA) is 165 Å². The summed E-state index contributed by atoms with van der Waals surface area (Å²) in [5.41, 5.74) is 2.85. The minimum atomic E-state index is -3.13. The van der Waals surface area contributed by atoms with E-state index in [-0.39, 0.29) is 0 Å². The molecular formula is C26H33N7O6S2. The van der Waals surface area contributed by atoms with Gasteiger partial charge in [-0.3, -0.25) is 10.00 Å². The lowest BCUT2D eigenvalue weighted by Gasteiger charge is -2.32. The van der Waals surface area contributed by atoms with Crippen LogP contribution in [0.5, 0.6) is 0 Å². The second-order valence-corrected chi connectivity index (χ2v) is 13.1. The van der Waals surface area contributed by atoms with Crippen LogP contribution in [-0.4, -0.2) is 119 Å². The molecule has 6 rings (SSSR count). The fourth-order valence-electron chi connectivity index (χ4n) is 4.75. The molecule has 3 N–H and O–H groups in total. The number of benzene rings is 1. The van der Waals surface area contributed by atoms with Crippen LogP contribution in [0.25, 0.3) is 32.5 Å². The van der Waals surface area contributed by atoms with Crippen LogP contribution in [-0.2, 0) is 26.1 Å². The van der Waals surface area contributed by atoms with Crippen molar-refractivity contribution in [3.63, 3.8) is 0 Å². The van der Waals surface area contributed by atoms with Crippen molar-refractivity contribution in [2.45, 2.75) is 19.6 Å². The first-order valence-electron chi connectivity index (χ1n) is 13.2. The molecule has 15 heteroatoms. The minimum Gasteiger partial charge on any atom is -0.479 e. The van der Waals surface area contributed by atoms with Gasteiger partial charge in [0.1, 0.15) is 6.10 Å². The van der Waals surface area contributed by atoms with Crippen LogP contribution in [0.15, 0.2) is 30.5 Å². The number of aliphatic hydroxyl groups is 1. The number of piperazine rings is 1. The average Bonchev–Trinajstić information content (AvgIpc) is 3.60. The Balaban J connectivity index is 0.000000511. The van der Waals surface area contributed by atoms with E-state index in [0.717, 1.165) is 65.2 Å². The van der Waals surface area contributed by atoms with Gasteiger partial charge in [0, 0.05) is 61.6 Å². The Labute approximate surface area is 241 Å². The SMILES string of the molecule is CC(O)C(=O)O.CS(=O)(=O)N1CCN(Cc2cc3nc(-c4cccc5[nH]ncc45)nc(N4CCOCC4)c3s2)CC1. The van der Waals surface area contributed by atoms with E-state index in [1.165, 1.54) is 18.1 Å². The predicted molar refractivity (Wildman–Crippen MR) is 157 cm³/mol. The van der Waals surface area contributed by atoms with Gasteiger partial charge in [-0.05, 0) is 19.1 Å². The fourth-order valence-corrected chi connectivity index (χ4v) is 6.74. The van der Waals surface area contributed by atoms with Crippen LogP contribution in [0.3, 0.4) is 0 Å². The summed E-state index contributed by atoms with van der Waals surface area (Å²) < 4.78 is 31.9. The van der Waals surface area contributed by atoms with Gasteiger partial charge in [-0.1, -0.05) is 12.1 Å². The summed E-state index contributed by atoms with van der Waals surface area (Å²) in [6.45, 7) is 7.42. The lowest BCUT2D eigenvalue weighted by molar-refractivity contribution is -0.145. The first-order chi connectivity index (χ1) is 19.6. The zero-order valence-electron chi connectivity index (χ0n) is 22.9. The highest BCUT2D eigenvalue weighted by Crippen LogP contribution is 2.36. The number of rotatable bonds is 6. The Morgan fingerprint density at radius 2 is 1.85 bits per heavy atom. The highest BCUT2D eigenvalue weighted by Gasteiger charge is 2.25. The van der Waals surface area contributed by atoms with Crippen molar-refractivity contribution in [1.29, 1.82) is 0 Å². The number of nitrogens with one attached hydrogen (secondary N) is 1. The monoisotopic (exact) mass is 603 g/mol. The normalized spacial score (nSPS) is 17.9. The Morgan fingerprint density at radius 3 is 2.51 bits per heavy atom. The number of aliphatic hydroxyl groups excluding tert-OH is 1. The number of aromatic amines is 1. The van der Waals surface area contributed by atoms with Gasteiger partial charge in [-0.15, -0.1) is 11.3 Å². The number of carbonyl (C=O) groups is 1. The third-order valence-corrected chi connectivity index (χ3v) is 9.39. The van der Waals surface area contributed by atoms with Gasteiger partial charge >= 0.3 is 5.97 Å². The molecule has 0 radical (unpaired) electrons. The van der Waals surface area contributed by atoms with Crippen LogP contribution in [0.2, 0.25) is 0 Å². The van der Waals surface area contributed by atoms with Crippen LogP contribution in [0.1, 0.15) is 11.8 Å². The van der Waals surface area contributed by atoms with Crippen LogP contribution in [0.4, 0.5) is 5.82 Å². The van der Waals surface area contributed by atoms with Crippen molar-refractivity contribution in [1.82, 2.24) is 29.4 Å². The number of anilines is 1. The number of fused-ring (bicyclic) bond motifs is 2. The lowest BCUT2D eigenvalue weighted by atomic mass is 10.1. The molecule has 1 aromatic carbocycles. The molecule has 1 atom stereocenters. The van der Waals surface area contributed by atoms with E-state index < -0.39 is 22.1 Å². The van der Waals surface area contributed by atoms with E-state index in [9.17, 15) is 13.2 Å². The molecule has 0 saturated carbocycles. The maximum Gasteiger partial charge on any atom is 0.332 e. The van der Waals surface area contributed by atoms with E-state index in [4.69, 9.17) is 24.9 Å². The van der Waals surface area contributed by atoms with Gasteiger partial charge in [0.15, 0.2) is 11.6 Å². The number of aliphatic carboxylic acids is 1. The molecule has 2 aliphatic heterocycles. The molecule has 1 unspecified atom stereocenters. The molecule has 3 aromatic heterocycles. The molecule has 0 spiro atoms. The van der Waals surface area contributed by atoms with Crippen molar-refractivity contribution < 1.29 is 28.2 Å². The molecule has 0 aliphatic carbocycles. The highest BCUT2D eigenvalue weighted by molar-refractivity contribution is 7.88. The van der Waals surface area contributed by atoms with E-state index in [1.54, 1.807) is 15.6 Å². The Kier molecular flexibility index (Phi) is 8.82. The molecule has 0 bridgehead atoms. The number of H-pyrrole nitrogens is 1. The molecule has 2 fully saturated rings. The molecule has 5 heterocycles. The standard InChI is InChI=1S/C23H27N7O3S2.C3H6O3/c1-35(31,32)30-7-5-28(6-8-30)15-16-13-20-21(34-16)23(29-9-11-33-12-10-29)26-22(25-20)17-3-2-4-19-18(17)14-24-27-19;1-2(4)3(5)6/h2-4,13-14H,5-12,15H2,1H3,(H,24,27);2,4H,1H3,(H,5,6). The number of sulfonamides is 1. The first kappa shape index (κ1) is 29.3. The molecule has 2 aliphatic rings. The summed E-state index contributed by atoms with van der Waals surface area (Å²) >= 11 is 1.73. The molecule has 13 nitrogen and oxygen atoms in total. The van der Waals surface area contributed by atoms with Gasteiger partial charge in [0.2, 0.25) is 10.0 Å². The minimum absolute atomic E-state index is 0.529. The number of carboxylic acids is 1. The smallest absolute Gasteiger partial charge is 0.332 e. The Hall–Kier alpha value is -3.21. The second-order valence-electron chi connectivity index (χ2n) is 9.99. The van der Waals surface area contributed by atoms with E-state index >= 15 is 0 Å². The number of nitrogens with zero attached hydrogens (tertiary/aromatic N) is 6. The summed E-state index contributed by atoms with van der Waals surface area (Å²) in [4.78, 5) is 25.3. The van der Waals surface area contributed by atoms with Gasteiger partial charge < -0.3 is 19.8 Å². The van der Waals surface area contributed by atoms with E-state index in [2.05, 4.69) is 26.1 Å². The maximum atomic E-state index is 11.8. The first-order valence-corrected chi connectivity index (χ1v) is 15.9. The average molecular weight is 604 g/mol. The van der Waals surface area contributed by atoms with Crippen molar-refractivity contribution in [2.24, 2.45) is 0 Å². The third kappa shape index (κ3) is 6.82. The number of hydrogen-bond donors (Lipinski definition) is 3. The molecule has 220 valence electrons. The third-order valence-electron chi connectivity index (χ3n) is 6.98. The fraction of sp³-hybridized carbons (Fsp3) is 0.462. The number of hydrogen-bond acceptors (Lipinski definition) is 11. The Bertz CT molecular complexity index is 1620. The van der Waals surface area contributed by atoms with Crippen molar-refractivity contribution in [3.8, 4) is 11.4 Å². The number of thiophene rings is 1. The van der Waals surface area contributed by atoms with Crippen molar-refractivity contribution >= 4 is 54.3 Å². The van der Waals surface area contributed by atoms with Gasteiger partial charge in [-0.25, -0.2) is 23.2 Å². The van der Waals surface area contributed by atoms with Gasteiger partial charge in [0.05, 0.1) is 41.4 Å². The van der Waals surface area contributed by atoms with E-state index in [0.29, 0.717) is 32.1 Å². The molecule has 41 heavy (non-hydrogen) atoms. The number of carboxylic acid groups (broad SMARTS) is 1. The zero-order chi connectivity index (χ0) is 29.1. The number of aromatic nitrogens is 4. The summed E-state index contributed by atoms with van der Waals surface area (Å²) in [7, 11) is -3.13. The zero-order valence-corrected chi connectivity index (χ0v) is 24.5. The summed E-state index contributed by atoms with van der Waals surface area (Å²) in [5.74, 6) is 0.457. The number of ether oxygens (including phenoxy) is 1. The quantitative estimate of drug-likeness (QED) is 0.293. The summed E-state index contributed by atoms with van der Waals surface area (Å²) in [5, 5.41) is 24.0. The largest absolute Gasteiger partial charge is 0.479 e. The lowest BCUT2D eigenvalue weighted by Crippen LogP contribution is -2.47. The molecule has 0 amide bonds. The van der Waals surface area contributed by atoms with Crippen LogP contribution >= 0.6 is 11.3 Å². The molecule has 2 saturated heterocycles. The Morgan fingerprint density at radius 1 is 1.15 bits per heavy atom. The molecular weight excluding hydrogens is 570 g/mol. The van der Waals surface area contributed by atoms with Crippen molar-refractivity contribution in [3.05, 3.63) is 35.3 Å². The predicted octanol–water partition coefficient (Wildman–Crippen LogP) is 1.60. The van der Waals surface area contributed by atoms with Gasteiger partial charge in [0.25, 0.3) is 0 Å². The van der Waals surface area contributed by atoms with Crippen LogP contribution < -0.4 is 4.90 Å². The number of morpholine rings is 1. The van der Waals surface area contributed by atoms with Gasteiger partial charge in [-0.2, -0.15) is 9.40 Å². The molecule has 4 aromatic rings. The van der Waals surface area contributed by atoms with Crippen molar-refractivity contribution in [2.75, 3.05) is 63.6 Å². The van der Waals surface area contributed by atoms with E-state index in [1.807, 2.05) is 24.4 Å². The maximum absolute atomic E-state index is 11.8. The summed E-state index contributed by atoms with van der Waals surface area (Å²) in [6.07, 6.45) is 1.87.